The summed E-state index contributed by atoms with van der Waals surface area (Å²) in [7, 11) is 1.16. The average molecular weight is 287 g/mol. The Kier molecular flexibility index (Phi) is 6.78. The minimum absolute atomic E-state index is 0.400. The fourth-order valence-corrected chi connectivity index (χ4v) is 1.54. The zero-order valence-electron chi connectivity index (χ0n) is 11.5. The van der Waals surface area contributed by atoms with E-state index >= 15 is 0 Å². The second-order valence-corrected chi connectivity index (χ2v) is 4.65. The third-order valence-electron chi connectivity index (χ3n) is 2.85. The van der Waals surface area contributed by atoms with Crippen molar-refractivity contribution < 1.29 is 24.2 Å². The molecule has 0 spiro atoms. The van der Waals surface area contributed by atoms with E-state index in [1.165, 1.54) is 12.8 Å². The van der Waals surface area contributed by atoms with Gasteiger partial charge in [0.2, 0.25) is 0 Å². The third-order valence-corrected chi connectivity index (χ3v) is 2.85. The molecule has 1 aliphatic rings. The molecule has 8 nitrogen and oxygen atoms in total. The summed E-state index contributed by atoms with van der Waals surface area (Å²) in [5.41, 5.74) is 0. The molecule has 1 atom stereocenters. The maximum Gasteiger partial charge on any atom is 0.326 e. The summed E-state index contributed by atoms with van der Waals surface area (Å²) >= 11 is 0. The first-order valence-electron chi connectivity index (χ1n) is 6.60. The van der Waals surface area contributed by atoms with Gasteiger partial charge in [-0.1, -0.05) is 0 Å². The van der Waals surface area contributed by atoms with Gasteiger partial charge in [0.25, 0.3) is 0 Å². The van der Waals surface area contributed by atoms with Crippen LogP contribution >= 0.6 is 0 Å². The monoisotopic (exact) mass is 287 g/mol. The van der Waals surface area contributed by atoms with Gasteiger partial charge < -0.3 is 25.8 Å². The highest BCUT2D eigenvalue weighted by molar-refractivity contribution is 5.86. The molecule has 2 amide bonds. The molecule has 8 heteroatoms. The first kappa shape index (κ1) is 16.2. The van der Waals surface area contributed by atoms with E-state index < -0.39 is 30.4 Å². The van der Waals surface area contributed by atoms with E-state index in [0.29, 0.717) is 12.6 Å². The van der Waals surface area contributed by atoms with Gasteiger partial charge >= 0.3 is 18.0 Å². The number of rotatable bonds is 9. The zero-order valence-corrected chi connectivity index (χ0v) is 11.5. The number of carboxylic acids is 1. The molecular formula is C12H21N3O5. The Morgan fingerprint density at radius 1 is 1.30 bits per heavy atom. The van der Waals surface area contributed by atoms with Gasteiger partial charge in [-0.3, -0.25) is 4.79 Å². The Balaban J connectivity index is 2.15. The van der Waals surface area contributed by atoms with Crippen LogP contribution in [0.25, 0.3) is 0 Å². The average Bonchev–Trinajstić information content (AvgIpc) is 3.21. The molecule has 114 valence electrons. The molecule has 0 aromatic heterocycles. The predicted molar refractivity (Wildman–Crippen MR) is 70.2 cm³/mol. The lowest BCUT2D eigenvalue weighted by atomic mass is 10.2. The molecule has 0 aromatic rings. The van der Waals surface area contributed by atoms with Crippen molar-refractivity contribution in [3.63, 3.8) is 0 Å². The van der Waals surface area contributed by atoms with Crippen molar-refractivity contribution in [1.29, 1.82) is 0 Å². The Labute approximate surface area is 117 Å². The van der Waals surface area contributed by atoms with Crippen molar-refractivity contribution in [1.82, 2.24) is 16.0 Å². The largest absolute Gasteiger partial charge is 0.480 e. The van der Waals surface area contributed by atoms with E-state index in [9.17, 15) is 14.4 Å². The minimum atomic E-state index is -1.29. The molecule has 0 heterocycles. The van der Waals surface area contributed by atoms with Crippen LogP contribution in [0.2, 0.25) is 0 Å². The summed E-state index contributed by atoms with van der Waals surface area (Å²) in [4.78, 5) is 33.4. The molecular weight excluding hydrogens is 266 g/mol. The number of aliphatic carboxylic acids is 1. The number of ether oxygens (including phenoxy) is 1. The summed E-state index contributed by atoms with van der Waals surface area (Å²) < 4.78 is 4.37. The van der Waals surface area contributed by atoms with Gasteiger partial charge in [-0.25, -0.2) is 9.59 Å². The standard InChI is InChI=1S/C12H21N3O5/c1-20-10(16)7-9(11(17)18)15-12(19)14-6-2-5-13-8-3-4-8/h8-9,13H,2-7H2,1H3,(H,17,18)(H2,14,15,19)/t9-/m0/s1. The fraction of sp³-hybridized carbons (Fsp3) is 0.750. The summed E-state index contributed by atoms with van der Waals surface area (Å²) in [5.74, 6) is -1.97. The van der Waals surface area contributed by atoms with Gasteiger partial charge in [0.15, 0.2) is 0 Å². The quantitative estimate of drug-likeness (QED) is 0.334. The number of carbonyl (C=O) groups is 3. The molecule has 0 aliphatic heterocycles. The van der Waals surface area contributed by atoms with Gasteiger partial charge in [0.05, 0.1) is 13.5 Å². The number of methoxy groups -OCH3 is 1. The predicted octanol–water partition coefficient (Wildman–Crippen LogP) is -0.556. The smallest absolute Gasteiger partial charge is 0.326 e. The van der Waals surface area contributed by atoms with Crippen LogP contribution in [0.3, 0.4) is 0 Å². The minimum Gasteiger partial charge on any atom is -0.480 e. The van der Waals surface area contributed by atoms with Crippen molar-refractivity contribution in [3.05, 3.63) is 0 Å². The number of amides is 2. The van der Waals surface area contributed by atoms with E-state index in [1.54, 1.807) is 0 Å². The maximum absolute atomic E-state index is 11.5. The highest BCUT2D eigenvalue weighted by atomic mass is 16.5. The van der Waals surface area contributed by atoms with Crippen LogP contribution in [-0.2, 0) is 14.3 Å². The van der Waals surface area contributed by atoms with E-state index in [4.69, 9.17) is 5.11 Å². The number of carboxylic acid groups (broad SMARTS) is 1. The van der Waals surface area contributed by atoms with E-state index in [2.05, 4.69) is 20.7 Å². The molecule has 0 radical (unpaired) electrons. The number of carbonyl (C=O) groups excluding carboxylic acids is 2. The molecule has 0 saturated heterocycles. The molecule has 1 fully saturated rings. The Morgan fingerprint density at radius 2 is 2.00 bits per heavy atom. The summed E-state index contributed by atoms with van der Waals surface area (Å²) in [6.07, 6.45) is 2.78. The van der Waals surface area contributed by atoms with Crippen molar-refractivity contribution in [2.24, 2.45) is 0 Å². The lowest BCUT2D eigenvalue weighted by molar-refractivity contribution is -0.147. The first-order valence-corrected chi connectivity index (χ1v) is 6.60. The lowest BCUT2D eigenvalue weighted by Crippen LogP contribution is -2.47. The molecule has 1 rings (SSSR count). The number of hydrogen-bond donors (Lipinski definition) is 4. The second kappa shape index (κ2) is 8.36. The summed E-state index contributed by atoms with van der Waals surface area (Å²) in [6, 6.07) is -1.26. The van der Waals surface area contributed by atoms with Crippen LogP contribution in [0, 0.1) is 0 Å². The van der Waals surface area contributed by atoms with Crippen molar-refractivity contribution >= 4 is 18.0 Å². The lowest BCUT2D eigenvalue weighted by Gasteiger charge is -2.14. The molecule has 20 heavy (non-hydrogen) atoms. The highest BCUT2D eigenvalue weighted by Gasteiger charge is 2.23. The van der Waals surface area contributed by atoms with Crippen LogP contribution < -0.4 is 16.0 Å². The van der Waals surface area contributed by atoms with Crippen LogP contribution in [0.1, 0.15) is 25.7 Å². The third kappa shape index (κ3) is 6.93. The van der Waals surface area contributed by atoms with Crippen LogP contribution in [-0.4, -0.2) is 55.4 Å². The number of urea groups is 1. The highest BCUT2D eigenvalue weighted by Crippen LogP contribution is 2.18. The normalized spacial score (nSPS) is 15.2. The zero-order chi connectivity index (χ0) is 15.0. The molecule has 0 aromatic carbocycles. The van der Waals surface area contributed by atoms with Gasteiger partial charge in [-0.15, -0.1) is 0 Å². The van der Waals surface area contributed by atoms with Gasteiger partial charge in [-0.05, 0) is 25.8 Å². The van der Waals surface area contributed by atoms with Gasteiger partial charge in [0, 0.05) is 12.6 Å². The molecule has 1 aliphatic carbocycles. The molecule has 0 unspecified atom stereocenters. The van der Waals surface area contributed by atoms with Crippen LogP contribution in [0.5, 0.6) is 0 Å². The Morgan fingerprint density at radius 3 is 2.55 bits per heavy atom. The fourth-order valence-electron chi connectivity index (χ4n) is 1.54. The maximum atomic E-state index is 11.5. The SMILES string of the molecule is COC(=O)C[C@H](NC(=O)NCCCNC1CC1)C(=O)O. The van der Waals surface area contributed by atoms with Gasteiger partial charge in [-0.2, -0.15) is 0 Å². The summed E-state index contributed by atoms with van der Waals surface area (Å²) in [5, 5.41) is 17.0. The summed E-state index contributed by atoms with van der Waals surface area (Å²) in [6.45, 7) is 1.26. The number of hydrogen-bond acceptors (Lipinski definition) is 5. The van der Waals surface area contributed by atoms with E-state index in [-0.39, 0.29) is 0 Å². The Hall–Kier alpha value is -1.83. The second-order valence-electron chi connectivity index (χ2n) is 4.65. The van der Waals surface area contributed by atoms with Crippen LogP contribution in [0.15, 0.2) is 0 Å². The van der Waals surface area contributed by atoms with Crippen LogP contribution in [0.4, 0.5) is 4.79 Å². The van der Waals surface area contributed by atoms with E-state index in [0.717, 1.165) is 20.1 Å². The number of esters is 1. The van der Waals surface area contributed by atoms with Crippen molar-refractivity contribution in [3.8, 4) is 0 Å². The molecule has 1 saturated carbocycles. The van der Waals surface area contributed by atoms with Crippen molar-refractivity contribution in [2.75, 3.05) is 20.2 Å². The molecule has 4 N–H and O–H groups in total. The number of nitrogens with one attached hydrogen (secondary N) is 3. The topological polar surface area (TPSA) is 117 Å². The first-order chi connectivity index (χ1) is 9.52. The molecule has 0 bridgehead atoms. The van der Waals surface area contributed by atoms with Gasteiger partial charge in [0.1, 0.15) is 6.04 Å². The Bertz CT molecular complexity index is 357. The van der Waals surface area contributed by atoms with E-state index in [1.807, 2.05) is 0 Å². The van der Waals surface area contributed by atoms with Crippen molar-refractivity contribution in [2.45, 2.75) is 37.8 Å².